The minimum atomic E-state index is -0.518. The molecule has 1 aromatic carbocycles. The number of ether oxygens (including phenoxy) is 5. The quantitative estimate of drug-likeness (QED) is 0.478. The van der Waals surface area contributed by atoms with Crippen molar-refractivity contribution in [3.05, 3.63) is 35.9 Å². The Morgan fingerprint density at radius 2 is 1.96 bits per heavy atom. The molecule has 0 aliphatic carbocycles. The summed E-state index contributed by atoms with van der Waals surface area (Å²) in [5.41, 5.74) is 0.643. The molecule has 6 atom stereocenters. The fourth-order valence-corrected chi connectivity index (χ4v) is 4.44. The molecule has 3 rings (SSSR count). The third-order valence-electron chi connectivity index (χ3n) is 4.80. The van der Waals surface area contributed by atoms with E-state index in [2.05, 4.69) is 13.8 Å². The van der Waals surface area contributed by atoms with E-state index in [0.29, 0.717) is 13.2 Å². The highest BCUT2D eigenvalue weighted by Gasteiger charge is 2.52. The minimum absolute atomic E-state index is 0.262. The number of thioether (sulfide) groups is 1. The smallest absolute Gasteiger partial charge is 0.303 e. The Kier molecular flexibility index (Phi) is 8.17. The molecule has 1 aromatic rings. The van der Waals surface area contributed by atoms with Crippen LogP contribution in [-0.4, -0.2) is 54.8 Å². The number of fused-ring (bicyclic) bond motifs is 1. The maximum Gasteiger partial charge on any atom is 0.303 e. The molecule has 6 nitrogen and oxygen atoms in total. The molecule has 0 spiro atoms. The van der Waals surface area contributed by atoms with Gasteiger partial charge in [0.2, 0.25) is 0 Å². The third-order valence-corrected chi connectivity index (χ3v) is 5.84. The summed E-state index contributed by atoms with van der Waals surface area (Å²) in [5, 5.41) is 0. The fraction of sp³-hybridized carbons (Fsp3) is 0.667. The van der Waals surface area contributed by atoms with Gasteiger partial charge in [0.25, 0.3) is 0 Å². The van der Waals surface area contributed by atoms with Crippen LogP contribution in [0.4, 0.5) is 0 Å². The standard InChI is InChI=1S/C21H30O6S/c1-4-6-12-23-18-17-16(26-21(28-5-2)19(18)25-14(3)22)13-24-20(27-17)15-10-8-7-9-11-15/h7-11,16-21H,4-6,12-13H2,1-3H3/t16?,17-,18?,19+,20?,21?/m1/s1. The molecule has 2 aliphatic heterocycles. The van der Waals surface area contributed by atoms with E-state index < -0.39 is 18.5 Å². The lowest BCUT2D eigenvalue weighted by Gasteiger charge is -2.48. The van der Waals surface area contributed by atoms with Crippen LogP contribution in [0.15, 0.2) is 30.3 Å². The predicted molar refractivity (Wildman–Crippen MR) is 107 cm³/mol. The zero-order valence-corrected chi connectivity index (χ0v) is 17.6. The Morgan fingerprint density at radius 1 is 1.18 bits per heavy atom. The number of hydrogen-bond donors (Lipinski definition) is 0. The molecule has 0 aromatic heterocycles. The molecule has 0 N–H and O–H groups in total. The van der Waals surface area contributed by atoms with Crippen molar-refractivity contribution in [2.75, 3.05) is 19.0 Å². The minimum Gasteiger partial charge on any atom is -0.456 e. The first-order chi connectivity index (χ1) is 13.6. The fourth-order valence-electron chi connectivity index (χ4n) is 3.49. The molecule has 0 amide bonds. The van der Waals surface area contributed by atoms with Gasteiger partial charge in [-0.2, -0.15) is 0 Å². The van der Waals surface area contributed by atoms with E-state index >= 15 is 0 Å². The lowest BCUT2D eigenvalue weighted by atomic mass is 9.98. The van der Waals surface area contributed by atoms with Crippen LogP contribution in [0.2, 0.25) is 0 Å². The van der Waals surface area contributed by atoms with Crippen LogP contribution >= 0.6 is 11.8 Å². The van der Waals surface area contributed by atoms with E-state index in [4.69, 9.17) is 23.7 Å². The molecular formula is C21H30O6S. The van der Waals surface area contributed by atoms with Crippen LogP contribution in [0.5, 0.6) is 0 Å². The number of unbranched alkanes of at least 4 members (excludes halogenated alkanes) is 1. The molecule has 2 heterocycles. The van der Waals surface area contributed by atoms with Gasteiger partial charge in [-0.25, -0.2) is 0 Å². The van der Waals surface area contributed by atoms with Crippen LogP contribution in [0.25, 0.3) is 0 Å². The zero-order valence-electron chi connectivity index (χ0n) is 16.7. The second-order valence-corrected chi connectivity index (χ2v) is 8.31. The van der Waals surface area contributed by atoms with Gasteiger partial charge in [0.05, 0.1) is 6.61 Å². The first-order valence-corrected chi connectivity index (χ1v) is 11.1. The molecule has 0 bridgehead atoms. The largest absolute Gasteiger partial charge is 0.456 e. The first kappa shape index (κ1) is 21.6. The number of carbonyl (C=O) groups is 1. The van der Waals surface area contributed by atoms with E-state index in [1.54, 1.807) is 11.8 Å². The van der Waals surface area contributed by atoms with Crippen LogP contribution in [-0.2, 0) is 28.5 Å². The van der Waals surface area contributed by atoms with Crippen molar-refractivity contribution < 1.29 is 28.5 Å². The van der Waals surface area contributed by atoms with Crippen molar-refractivity contribution in [3.8, 4) is 0 Å². The Balaban J connectivity index is 1.82. The average molecular weight is 411 g/mol. The molecule has 4 unspecified atom stereocenters. The van der Waals surface area contributed by atoms with Crippen LogP contribution in [0, 0.1) is 0 Å². The highest BCUT2D eigenvalue weighted by molar-refractivity contribution is 7.99. The van der Waals surface area contributed by atoms with E-state index in [1.165, 1.54) is 6.92 Å². The van der Waals surface area contributed by atoms with E-state index in [1.807, 2.05) is 30.3 Å². The molecule has 2 saturated heterocycles. The second kappa shape index (κ2) is 10.6. The molecule has 0 radical (unpaired) electrons. The summed E-state index contributed by atoms with van der Waals surface area (Å²) in [4.78, 5) is 11.8. The summed E-state index contributed by atoms with van der Waals surface area (Å²) in [7, 11) is 0. The van der Waals surface area contributed by atoms with Gasteiger partial charge in [-0.15, -0.1) is 11.8 Å². The van der Waals surface area contributed by atoms with Gasteiger partial charge in [-0.05, 0) is 12.2 Å². The van der Waals surface area contributed by atoms with Gasteiger partial charge in [-0.1, -0.05) is 50.6 Å². The monoisotopic (exact) mass is 410 g/mol. The number of esters is 1. The topological polar surface area (TPSA) is 63.2 Å². The number of carbonyl (C=O) groups excluding carboxylic acids is 1. The average Bonchev–Trinajstić information content (AvgIpc) is 2.70. The molecule has 28 heavy (non-hydrogen) atoms. The molecule has 0 saturated carbocycles. The van der Waals surface area contributed by atoms with Crippen molar-refractivity contribution in [3.63, 3.8) is 0 Å². The number of benzene rings is 1. The van der Waals surface area contributed by atoms with Gasteiger partial charge in [-0.3, -0.25) is 4.79 Å². The van der Waals surface area contributed by atoms with E-state index in [9.17, 15) is 4.79 Å². The van der Waals surface area contributed by atoms with Crippen LogP contribution in [0.1, 0.15) is 45.5 Å². The predicted octanol–water partition coefficient (Wildman–Crippen LogP) is 3.70. The van der Waals surface area contributed by atoms with Gasteiger partial charge >= 0.3 is 5.97 Å². The van der Waals surface area contributed by atoms with E-state index in [0.717, 1.165) is 24.2 Å². The second-order valence-electron chi connectivity index (χ2n) is 6.94. The highest BCUT2D eigenvalue weighted by Crippen LogP contribution is 2.39. The normalized spacial score (nSPS) is 32.5. The summed E-state index contributed by atoms with van der Waals surface area (Å²) < 4.78 is 30.3. The van der Waals surface area contributed by atoms with E-state index in [-0.39, 0.29) is 23.6 Å². The summed E-state index contributed by atoms with van der Waals surface area (Å²) in [6.07, 6.45) is -0.0678. The van der Waals surface area contributed by atoms with Crippen LogP contribution < -0.4 is 0 Å². The third kappa shape index (κ3) is 5.27. The van der Waals surface area contributed by atoms with Crippen molar-refractivity contribution in [1.82, 2.24) is 0 Å². The maximum atomic E-state index is 11.8. The van der Waals surface area contributed by atoms with Crippen molar-refractivity contribution in [1.29, 1.82) is 0 Å². The lowest BCUT2D eigenvalue weighted by molar-refractivity contribution is -0.324. The SMILES string of the molecule is CCCCOC1[C@@H]2OC(c3ccccc3)OCC2OC(SCC)[C@H]1OC(C)=O. The Labute approximate surface area is 171 Å². The highest BCUT2D eigenvalue weighted by atomic mass is 32.2. The molecule has 156 valence electrons. The van der Waals surface area contributed by atoms with Gasteiger partial charge in [0, 0.05) is 19.1 Å². The Morgan fingerprint density at radius 3 is 2.64 bits per heavy atom. The molecular weight excluding hydrogens is 380 g/mol. The summed E-state index contributed by atoms with van der Waals surface area (Å²) in [6, 6.07) is 9.81. The maximum absolute atomic E-state index is 11.8. The van der Waals surface area contributed by atoms with Crippen molar-refractivity contribution in [2.24, 2.45) is 0 Å². The number of rotatable bonds is 8. The van der Waals surface area contributed by atoms with Crippen molar-refractivity contribution >= 4 is 17.7 Å². The summed E-state index contributed by atoms with van der Waals surface area (Å²) in [6.45, 7) is 6.58. The van der Waals surface area contributed by atoms with Gasteiger partial charge < -0.3 is 23.7 Å². The Hall–Kier alpha value is -1.12. The molecule has 7 heteroatoms. The Bertz CT molecular complexity index is 612. The van der Waals surface area contributed by atoms with Gasteiger partial charge in [0.1, 0.15) is 23.7 Å². The van der Waals surface area contributed by atoms with Gasteiger partial charge in [0.15, 0.2) is 12.4 Å². The summed E-state index contributed by atoms with van der Waals surface area (Å²) in [5.74, 6) is 0.500. The first-order valence-electron chi connectivity index (χ1n) is 10.0. The molecule has 2 aliphatic rings. The molecule has 2 fully saturated rings. The van der Waals surface area contributed by atoms with Crippen molar-refractivity contribution in [2.45, 2.75) is 69.8 Å². The van der Waals surface area contributed by atoms with Crippen LogP contribution in [0.3, 0.4) is 0 Å². The number of hydrogen-bond acceptors (Lipinski definition) is 7. The zero-order chi connectivity index (χ0) is 19.9. The lowest BCUT2D eigenvalue weighted by Crippen LogP contribution is -2.62. The summed E-state index contributed by atoms with van der Waals surface area (Å²) >= 11 is 1.61.